The molecule has 0 aliphatic rings. The first-order valence-corrected chi connectivity index (χ1v) is 9.38. The fraction of sp³-hybridized carbons (Fsp3) is 0.211. The van der Waals surface area contributed by atoms with Crippen LogP contribution in [0.15, 0.2) is 59.8 Å². The zero-order valence-electron chi connectivity index (χ0n) is 15.0. The molecular weight excluding hydrogens is 365 g/mol. The molecule has 0 saturated heterocycles. The van der Waals surface area contributed by atoms with E-state index in [0.29, 0.717) is 23.1 Å². The van der Waals surface area contributed by atoms with Gasteiger partial charge in [0, 0.05) is 17.8 Å². The van der Waals surface area contributed by atoms with Crippen molar-refractivity contribution in [3.63, 3.8) is 0 Å². The second-order valence-electron chi connectivity index (χ2n) is 5.86. The van der Waals surface area contributed by atoms with Crippen molar-refractivity contribution in [1.82, 2.24) is 14.9 Å². The number of carbonyl (C=O) groups excluding carboxylic acids is 1. The van der Waals surface area contributed by atoms with Gasteiger partial charge >= 0.3 is 0 Å². The summed E-state index contributed by atoms with van der Waals surface area (Å²) in [5, 5.41) is 8.16. The molecule has 3 rings (SSSR count). The van der Waals surface area contributed by atoms with Crippen LogP contribution in [0.3, 0.4) is 0 Å². The Hall–Kier alpha value is -2.87. The van der Waals surface area contributed by atoms with E-state index in [1.807, 2.05) is 44.2 Å². The number of amides is 1. The summed E-state index contributed by atoms with van der Waals surface area (Å²) in [5.74, 6) is 6.13. The number of carbonyl (C=O) groups is 1. The number of hydrogen-bond donors (Lipinski definition) is 1. The molecule has 0 saturated carbocycles. The van der Waals surface area contributed by atoms with Crippen LogP contribution in [0, 0.1) is 5.82 Å². The molecule has 3 aromatic rings. The number of thioether (sulfide) groups is 1. The molecule has 140 valence electrons. The Labute approximate surface area is 161 Å². The number of rotatable bonds is 6. The van der Waals surface area contributed by atoms with Gasteiger partial charge in [0.2, 0.25) is 11.1 Å². The predicted octanol–water partition coefficient (Wildman–Crippen LogP) is 3.33. The van der Waals surface area contributed by atoms with E-state index in [0.717, 1.165) is 5.69 Å². The summed E-state index contributed by atoms with van der Waals surface area (Å²) in [6, 6.07) is 15.3. The van der Waals surface area contributed by atoms with E-state index in [1.165, 1.54) is 28.6 Å². The number of halogens is 1. The van der Waals surface area contributed by atoms with Crippen molar-refractivity contribution in [1.29, 1.82) is 0 Å². The maximum absolute atomic E-state index is 13.1. The van der Waals surface area contributed by atoms with Crippen LogP contribution < -0.4 is 10.7 Å². The van der Waals surface area contributed by atoms with Crippen molar-refractivity contribution >= 4 is 23.4 Å². The zero-order valence-corrected chi connectivity index (χ0v) is 15.9. The third kappa shape index (κ3) is 4.11. The lowest BCUT2D eigenvalue weighted by Gasteiger charge is -2.24. The molecule has 1 heterocycles. The van der Waals surface area contributed by atoms with Gasteiger partial charge in [0.05, 0.1) is 5.25 Å². The molecule has 0 bridgehead atoms. The van der Waals surface area contributed by atoms with E-state index in [9.17, 15) is 9.18 Å². The lowest BCUT2D eigenvalue weighted by Crippen LogP contribution is -2.36. The van der Waals surface area contributed by atoms with Gasteiger partial charge in [-0.05, 0) is 50.2 Å². The summed E-state index contributed by atoms with van der Waals surface area (Å²) in [4.78, 5) is 14.6. The van der Waals surface area contributed by atoms with Crippen molar-refractivity contribution in [3.05, 3.63) is 60.4 Å². The van der Waals surface area contributed by atoms with Crippen LogP contribution in [0.2, 0.25) is 0 Å². The predicted molar refractivity (Wildman–Crippen MR) is 105 cm³/mol. The summed E-state index contributed by atoms with van der Waals surface area (Å²) in [5.41, 5.74) is 1.50. The molecule has 1 atom stereocenters. The maximum Gasteiger partial charge on any atom is 0.240 e. The largest absolute Gasteiger partial charge is 0.335 e. The third-order valence-corrected chi connectivity index (χ3v) is 5.09. The highest BCUT2D eigenvalue weighted by molar-refractivity contribution is 8.00. The van der Waals surface area contributed by atoms with Crippen molar-refractivity contribution in [3.8, 4) is 11.4 Å². The van der Waals surface area contributed by atoms with Crippen LogP contribution in [0.1, 0.15) is 13.8 Å². The lowest BCUT2D eigenvalue weighted by atomic mass is 10.2. The quantitative estimate of drug-likeness (QED) is 0.520. The van der Waals surface area contributed by atoms with Gasteiger partial charge in [-0.15, -0.1) is 10.2 Å². The summed E-state index contributed by atoms with van der Waals surface area (Å²) in [6.07, 6.45) is 0. The highest BCUT2D eigenvalue weighted by Gasteiger charge is 2.24. The van der Waals surface area contributed by atoms with E-state index in [1.54, 1.807) is 17.0 Å². The van der Waals surface area contributed by atoms with Crippen LogP contribution in [-0.2, 0) is 4.79 Å². The third-order valence-electron chi connectivity index (χ3n) is 4.05. The SMILES string of the molecule is CCN(C(=O)[C@@H](C)Sc1nnc(-c2ccc(F)cc2)n1N)c1ccccc1. The Morgan fingerprint density at radius 1 is 1.19 bits per heavy atom. The average Bonchev–Trinajstić information content (AvgIpc) is 3.04. The minimum absolute atomic E-state index is 0.0416. The Balaban J connectivity index is 1.77. The highest BCUT2D eigenvalue weighted by atomic mass is 32.2. The van der Waals surface area contributed by atoms with Crippen LogP contribution in [0.25, 0.3) is 11.4 Å². The molecule has 0 spiro atoms. The molecular formula is C19H20FN5OS. The van der Waals surface area contributed by atoms with Gasteiger partial charge in [-0.2, -0.15) is 0 Å². The van der Waals surface area contributed by atoms with E-state index < -0.39 is 5.25 Å². The fourth-order valence-corrected chi connectivity index (χ4v) is 3.49. The molecule has 1 aromatic heterocycles. The highest BCUT2D eigenvalue weighted by Crippen LogP contribution is 2.27. The van der Waals surface area contributed by atoms with Gasteiger partial charge in [0.15, 0.2) is 5.82 Å². The molecule has 0 radical (unpaired) electrons. The smallest absolute Gasteiger partial charge is 0.240 e. The second-order valence-corrected chi connectivity index (χ2v) is 7.17. The zero-order chi connectivity index (χ0) is 19.4. The molecule has 2 N–H and O–H groups in total. The number of anilines is 1. The lowest BCUT2D eigenvalue weighted by molar-refractivity contribution is -0.117. The maximum atomic E-state index is 13.1. The Kier molecular flexibility index (Phi) is 5.75. The fourth-order valence-electron chi connectivity index (χ4n) is 2.65. The molecule has 6 nitrogen and oxygen atoms in total. The number of nitrogen functional groups attached to an aromatic ring is 1. The Bertz CT molecular complexity index is 914. The summed E-state index contributed by atoms with van der Waals surface area (Å²) < 4.78 is 14.4. The molecule has 2 aromatic carbocycles. The Morgan fingerprint density at radius 3 is 2.48 bits per heavy atom. The van der Waals surface area contributed by atoms with Crippen molar-refractivity contribution < 1.29 is 9.18 Å². The number of benzene rings is 2. The summed E-state index contributed by atoms with van der Waals surface area (Å²) in [7, 11) is 0. The van der Waals surface area contributed by atoms with Crippen LogP contribution >= 0.6 is 11.8 Å². The normalized spacial score (nSPS) is 12.0. The van der Waals surface area contributed by atoms with Crippen LogP contribution in [0.5, 0.6) is 0 Å². The number of para-hydroxylation sites is 1. The molecule has 27 heavy (non-hydrogen) atoms. The van der Waals surface area contributed by atoms with E-state index >= 15 is 0 Å². The minimum atomic E-state index is -0.405. The monoisotopic (exact) mass is 385 g/mol. The number of nitrogens with two attached hydrogens (primary N) is 1. The molecule has 0 aliphatic carbocycles. The summed E-state index contributed by atoms with van der Waals surface area (Å²) in [6.45, 7) is 4.30. The van der Waals surface area contributed by atoms with Gasteiger partial charge in [-0.25, -0.2) is 9.07 Å². The van der Waals surface area contributed by atoms with Crippen molar-refractivity contribution in [2.75, 3.05) is 17.3 Å². The second kappa shape index (κ2) is 8.22. The number of nitrogens with zero attached hydrogens (tertiary/aromatic N) is 4. The van der Waals surface area contributed by atoms with Crippen molar-refractivity contribution in [2.45, 2.75) is 24.3 Å². The minimum Gasteiger partial charge on any atom is -0.335 e. The first kappa shape index (κ1) is 18.9. The number of aromatic nitrogens is 3. The molecule has 0 unspecified atom stereocenters. The van der Waals surface area contributed by atoms with Gasteiger partial charge in [0.25, 0.3) is 0 Å². The Morgan fingerprint density at radius 2 is 1.85 bits per heavy atom. The van der Waals surface area contributed by atoms with E-state index in [-0.39, 0.29) is 11.7 Å². The summed E-state index contributed by atoms with van der Waals surface area (Å²) >= 11 is 1.23. The molecule has 0 fully saturated rings. The topological polar surface area (TPSA) is 77.0 Å². The molecule has 8 heteroatoms. The van der Waals surface area contributed by atoms with Gasteiger partial charge in [-0.1, -0.05) is 30.0 Å². The van der Waals surface area contributed by atoms with Gasteiger partial charge in [0.1, 0.15) is 5.82 Å². The average molecular weight is 385 g/mol. The number of hydrogen-bond acceptors (Lipinski definition) is 5. The molecule has 0 aliphatic heterocycles. The standard InChI is InChI=1S/C19H20FN5OS/c1-3-24(16-7-5-4-6-8-16)18(26)13(2)27-19-23-22-17(25(19)21)14-9-11-15(20)12-10-14/h4-13H,3,21H2,1-2H3/t13-/m1/s1. The first-order valence-electron chi connectivity index (χ1n) is 8.50. The first-order chi connectivity index (χ1) is 13.0. The molecule has 1 amide bonds. The van der Waals surface area contributed by atoms with E-state index in [4.69, 9.17) is 5.84 Å². The van der Waals surface area contributed by atoms with Gasteiger partial charge < -0.3 is 10.7 Å². The van der Waals surface area contributed by atoms with E-state index in [2.05, 4.69) is 10.2 Å². The van der Waals surface area contributed by atoms with Crippen LogP contribution in [0.4, 0.5) is 10.1 Å². The van der Waals surface area contributed by atoms with Gasteiger partial charge in [-0.3, -0.25) is 4.79 Å². The van der Waals surface area contributed by atoms with Crippen molar-refractivity contribution in [2.24, 2.45) is 0 Å². The van der Waals surface area contributed by atoms with Crippen LogP contribution in [-0.4, -0.2) is 32.6 Å².